The molecule has 234 valence electrons. The first-order valence-electron chi connectivity index (χ1n) is 12.8. The van der Waals surface area contributed by atoms with E-state index in [1.807, 2.05) is 36.4 Å². The third-order valence-corrected chi connectivity index (χ3v) is 6.92. The number of H-pyrrole nitrogens is 1. The van der Waals surface area contributed by atoms with Crippen molar-refractivity contribution in [3.63, 3.8) is 0 Å². The molecule has 0 aliphatic heterocycles. The second-order valence-electron chi connectivity index (χ2n) is 9.19. The Kier molecular flexibility index (Phi) is 11.5. The molecule has 1 fully saturated rings. The van der Waals surface area contributed by atoms with Crippen molar-refractivity contribution >= 4 is 41.1 Å². The van der Waals surface area contributed by atoms with Crippen molar-refractivity contribution in [2.24, 2.45) is 0 Å². The van der Waals surface area contributed by atoms with Gasteiger partial charge in [0.2, 0.25) is 5.51 Å². The van der Waals surface area contributed by atoms with Gasteiger partial charge < -0.3 is 34.2 Å². The molecule has 1 heterocycles. The zero-order valence-electron chi connectivity index (χ0n) is 24.1. The third kappa shape index (κ3) is 8.83. The number of benzene rings is 2. The maximum atomic E-state index is 13.6. The van der Waals surface area contributed by atoms with Crippen molar-refractivity contribution in [3.05, 3.63) is 75.3 Å². The Morgan fingerprint density at radius 2 is 1.34 bits per heavy atom. The molecule has 4 rings (SSSR count). The van der Waals surface area contributed by atoms with Crippen LogP contribution in [0, 0.1) is 0 Å². The number of thiazole rings is 1. The summed E-state index contributed by atoms with van der Waals surface area (Å²) in [5, 5.41) is 13.6. The molecule has 1 amide bonds. The number of ether oxygens (including phenoxy) is 4. The predicted octanol–water partition coefficient (Wildman–Crippen LogP) is 3.52. The zero-order chi connectivity index (χ0) is 32.4. The molecule has 1 aromatic heterocycles. The van der Waals surface area contributed by atoms with Crippen LogP contribution in [0.15, 0.2) is 58.4 Å². The largest absolute Gasteiger partial charge is 0.542 e. The van der Waals surface area contributed by atoms with E-state index in [-0.39, 0.29) is 17.7 Å². The summed E-state index contributed by atoms with van der Waals surface area (Å²) in [6, 6.07) is 10.7. The van der Waals surface area contributed by atoms with Crippen LogP contribution in [0.3, 0.4) is 0 Å². The van der Waals surface area contributed by atoms with E-state index in [9.17, 15) is 22.8 Å². The predicted molar refractivity (Wildman–Crippen MR) is 152 cm³/mol. The lowest BCUT2D eigenvalue weighted by atomic mass is 9.83. The number of carbonyl (C=O) groups is 3. The normalized spacial score (nSPS) is 16.5. The topological polar surface area (TPSA) is 137 Å². The van der Waals surface area contributed by atoms with Gasteiger partial charge in [0.05, 0.1) is 33.8 Å². The molecular weight excluding hydrogens is 605 g/mol. The van der Waals surface area contributed by atoms with E-state index >= 15 is 0 Å². The Hall–Kier alpha value is -4.85. The standard InChI is InChI=1S/C28H28N2O6S.C2HF3O2/c1-33-23-7-5-17(11-25(23)35-3)9-19-13-21(30-28(32)22-15-37-16-29-22)14-20(27(19)31)10-18-6-8-24(34-2)26(12-18)36-4;3-2(4,5)1(6)7/h5-12,15-16,21H,13-14H2,1-4H3,(H,30,32);(H,6,7)/b19-9+,20-10+;. The van der Waals surface area contributed by atoms with Crippen LogP contribution in [0.1, 0.15) is 34.5 Å². The molecule has 2 N–H and O–H groups in total. The van der Waals surface area contributed by atoms with E-state index in [4.69, 9.17) is 28.8 Å². The van der Waals surface area contributed by atoms with Crippen molar-refractivity contribution in [3.8, 4) is 23.0 Å². The fourth-order valence-corrected chi connectivity index (χ4v) is 4.82. The fourth-order valence-electron chi connectivity index (χ4n) is 4.25. The van der Waals surface area contributed by atoms with Gasteiger partial charge in [-0.15, -0.1) is 0 Å². The highest BCUT2D eigenvalue weighted by Crippen LogP contribution is 2.33. The second kappa shape index (κ2) is 15.0. The quantitative estimate of drug-likeness (QED) is 0.372. The lowest BCUT2D eigenvalue weighted by Crippen LogP contribution is -2.40. The molecule has 1 saturated carbocycles. The molecular formula is C30H29F3N2O8S. The minimum absolute atomic E-state index is 0.0721. The number of alkyl halides is 3. The number of hydrogen-bond donors (Lipinski definition) is 1. The van der Waals surface area contributed by atoms with E-state index in [0.29, 0.717) is 52.7 Å². The lowest BCUT2D eigenvalue weighted by Gasteiger charge is -2.26. The van der Waals surface area contributed by atoms with Gasteiger partial charge in [0.1, 0.15) is 5.97 Å². The van der Waals surface area contributed by atoms with Gasteiger partial charge in [0, 0.05) is 17.2 Å². The first-order chi connectivity index (χ1) is 20.9. The molecule has 2 aromatic carbocycles. The maximum Gasteiger partial charge on any atom is 0.430 e. The minimum Gasteiger partial charge on any atom is -0.542 e. The Bertz CT molecular complexity index is 1470. The Morgan fingerprint density at radius 1 is 0.886 bits per heavy atom. The second-order valence-corrected chi connectivity index (χ2v) is 9.93. The highest BCUT2D eigenvalue weighted by atomic mass is 32.1. The van der Waals surface area contributed by atoms with E-state index < -0.39 is 12.1 Å². The van der Waals surface area contributed by atoms with Crippen molar-refractivity contribution in [2.45, 2.75) is 25.1 Å². The molecule has 0 atom stereocenters. The highest BCUT2D eigenvalue weighted by Gasteiger charge is 2.31. The minimum atomic E-state index is -5.19. The van der Waals surface area contributed by atoms with E-state index in [1.54, 1.807) is 51.5 Å². The van der Waals surface area contributed by atoms with Crippen LogP contribution in [0.5, 0.6) is 23.0 Å². The third-order valence-electron chi connectivity index (χ3n) is 6.29. The van der Waals surface area contributed by atoms with Crippen molar-refractivity contribution in [1.29, 1.82) is 0 Å². The van der Waals surface area contributed by atoms with E-state index in [0.717, 1.165) is 11.1 Å². The van der Waals surface area contributed by atoms with Gasteiger partial charge in [-0.2, -0.15) is 18.2 Å². The zero-order valence-corrected chi connectivity index (χ0v) is 24.9. The summed E-state index contributed by atoms with van der Waals surface area (Å²) >= 11 is 1.41. The molecule has 0 unspecified atom stereocenters. The smallest absolute Gasteiger partial charge is 0.430 e. The van der Waals surface area contributed by atoms with Crippen LogP contribution in [0.4, 0.5) is 13.2 Å². The van der Waals surface area contributed by atoms with Crippen molar-refractivity contribution in [2.75, 3.05) is 28.4 Å². The van der Waals surface area contributed by atoms with Crippen LogP contribution in [-0.2, 0) is 9.59 Å². The van der Waals surface area contributed by atoms with Gasteiger partial charge in [-0.3, -0.25) is 9.59 Å². The van der Waals surface area contributed by atoms with Crippen LogP contribution in [0.2, 0.25) is 0 Å². The summed E-state index contributed by atoms with van der Waals surface area (Å²) in [6.45, 7) is 0. The molecule has 14 heteroatoms. The number of Topliss-reactive ketones (excluding diaryl/α,β-unsaturated/α-hetero) is 1. The molecule has 1 aliphatic rings. The van der Waals surface area contributed by atoms with Crippen LogP contribution in [-0.4, -0.2) is 58.3 Å². The van der Waals surface area contributed by atoms with Gasteiger partial charge in [0.25, 0.3) is 5.69 Å². The van der Waals surface area contributed by atoms with Gasteiger partial charge in [0.15, 0.2) is 28.8 Å². The number of carboxylic acid groups (broad SMARTS) is 1. The molecule has 44 heavy (non-hydrogen) atoms. The Morgan fingerprint density at radius 3 is 1.70 bits per heavy atom. The summed E-state index contributed by atoms with van der Waals surface area (Å²) in [4.78, 5) is 38.1. The molecule has 3 aromatic rings. The van der Waals surface area contributed by atoms with Gasteiger partial charge in [-0.05, 0) is 60.4 Å². The molecule has 1 aliphatic carbocycles. The average Bonchev–Trinajstić information content (AvgIpc) is 3.54. The van der Waals surface area contributed by atoms with E-state index in [2.05, 4.69) is 10.3 Å². The summed E-state index contributed by atoms with van der Waals surface area (Å²) < 4.78 is 53.0. The number of halogens is 3. The monoisotopic (exact) mass is 634 g/mol. The molecule has 0 spiro atoms. The SMILES string of the molecule is COc1ccc(/C=C2\CC(NC(=O)c3csc[nH+]3)C/C(=C\c3ccc(OC)c(OC)c3)C2=O)cc1OC.O=C([O-])C(F)(F)F. The van der Waals surface area contributed by atoms with Crippen molar-refractivity contribution in [1.82, 2.24) is 5.32 Å². The molecule has 0 bridgehead atoms. The Labute approximate surface area is 254 Å². The Balaban J connectivity index is 0.000000676. The maximum absolute atomic E-state index is 13.6. The first-order valence-corrected chi connectivity index (χ1v) is 13.8. The number of rotatable bonds is 8. The molecule has 0 radical (unpaired) electrons. The number of aliphatic carboxylic acids is 1. The van der Waals surface area contributed by atoms with Crippen molar-refractivity contribution < 1.29 is 56.6 Å². The van der Waals surface area contributed by atoms with E-state index in [1.165, 1.54) is 11.3 Å². The number of ketones is 1. The fraction of sp³-hybridized carbons (Fsp3) is 0.267. The van der Waals surface area contributed by atoms with Gasteiger partial charge in [-0.1, -0.05) is 23.5 Å². The number of nitrogens with one attached hydrogen (secondary N) is 2. The van der Waals surface area contributed by atoms with Gasteiger partial charge in [-0.25, -0.2) is 0 Å². The number of aromatic amines is 1. The number of carboxylic acids is 1. The van der Waals surface area contributed by atoms with Crippen LogP contribution in [0.25, 0.3) is 12.2 Å². The number of hydrogen-bond acceptors (Lipinski definition) is 9. The summed E-state index contributed by atoms with van der Waals surface area (Å²) in [7, 11) is 6.28. The summed E-state index contributed by atoms with van der Waals surface area (Å²) in [5.41, 5.74) is 4.99. The van der Waals surface area contributed by atoms with Crippen LogP contribution < -0.4 is 34.4 Å². The summed E-state index contributed by atoms with van der Waals surface area (Å²) in [5.74, 6) is -0.948. The highest BCUT2D eigenvalue weighted by molar-refractivity contribution is 7.07. The first kappa shape index (κ1) is 33.6. The lowest BCUT2D eigenvalue weighted by molar-refractivity contribution is -0.374. The summed E-state index contributed by atoms with van der Waals surface area (Å²) in [6.07, 6.45) is -0.734. The molecule has 0 saturated heterocycles. The number of aromatic nitrogens is 1. The number of carbonyl (C=O) groups excluding carboxylic acids is 3. The van der Waals surface area contributed by atoms with Gasteiger partial charge >= 0.3 is 12.1 Å². The average molecular weight is 635 g/mol. The number of methoxy groups -OCH3 is 4. The van der Waals surface area contributed by atoms with Crippen LogP contribution >= 0.6 is 11.3 Å². The molecule has 10 nitrogen and oxygen atoms in total. The number of amides is 1.